The van der Waals surface area contributed by atoms with Crippen molar-refractivity contribution in [2.45, 2.75) is 19.1 Å². The highest BCUT2D eigenvalue weighted by molar-refractivity contribution is 7.07. The largest absolute Gasteiger partial charge is 0.367 e. The summed E-state index contributed by atoms with van der Waals surface area (Å²) in [7, 11) is 0. The molecule has 2 aromatic rings. The average molecular weight is 306 g/mol. The van der Waals surface area contributed by atoms with Crippen molar-refractivity contribution in [1.29, 1.82) is 0 Å². The Morgan fingerprint density at radius 2 is 2.19 bits per heavy atom. The van der Waals surface area contributed by atoms with Crippen LogP contribution in [0.15, 0.2) is 29.2 Å². The highest BCUT2D eigenvalue weighted by Gasteiger charge is 2.28. The number of thiophene rings is 1. The number of morpholine rings is 1. The number of nitro groups is 1. The summed E-state index contributed by atoms with van der Waals surface area (Å²) in [5, 5.41) is 14.7. The Kier molecular flexibility index (Phi) is 3.80. The number of hydrogen-bond donors (Lipinski definition) is 0. The number of anilines is 1. The SMILES string of the molecule is C[C@H]1CN(c2ncc([N+](=O)[O-])cn2)C[C@H](c2ccsc2)O1. The quantitative estimate of drug-likeness (QED) is 0.640. The molecule has 0 bridgehead atoms. The summed E-state index contributed by atoms with van der Waals surface area (Å²) in [6.45, 7) is 3.30. The van der Waals surface area contributed by atoms with Crippen LogP contribution in [0, 0.1) is 10.1 Å². The standard InChI is InChI=1S/C13H14N4O3S/c1-9-6-16(7-12(20-9)10-2-3-21-8-10)13-14-4-11(5-15-13)17(18)19/h2-5,8-9,12H,6-7H2,1H3/t9-,12+/m0/s1. The van der Waals surface area contributed by atoms with E-state index in [-0.39, 0.29) is 17.9 Å². The lowest BCUT2D eigenvalue weighted by Crippen LogP contribution is -2.43. The zero-order chi connectivity index (χ0) is 14.8. The predicted molar refractivity (Wildman–Crippen MR) is 78.5 cm³/mol. The second-order valence-corrected chi connectivity index (χ2v) is 5.68. The molecule has 0 radical (unpaired) electrons. The molecular weight excluding hydrogens is 292 g/mol. The second kappa shape index (κ2) is 5.74. The Bertz CT molecular complexity index is 617. The van der Waals surface area contributed by atoms with Crippen LogP contribution in [-0.4, -0.2) is 34.1 Å². The molecule has 0 N–H and O–H groups in total. The van der Waals surface area contributed by atoms with E-state index in [0.29, 0.717) is 19.0 Å². The fourth-order valence-corrected chi connectivity index (χ4v) is 3.03. The van der Waals surface area contributed by atoms with E-state index in [1.165, 1.54) is 12.4 Å². The van der Waals surface area contributed by atoms with Gasteiger partial charge in [-0.05, 0) is 29.3 Å². The molecule has 1 saturated heterocycles. The maximum absolute atomic E-state index is 10.6. The van der Waals surface area contributed by atoms with Gasteiger partial charge in [-0.3, -0.25) is 10.1 Å². The van der Waals surface area contributed by atoms with Crippen molar-refractivity contribution in [3.63, 3.8) is 0 Å². The maximum Gasteiger partial charge on any atom is 0.305 e. The van der Waals surface area contributed by atoms with E-state index >= 15 is 0 Å². The molecule has 1 aliphatic rings. The summed E-state index contributed by atoms with van der Waals surface area (Å²) in [5.74, 6) is 0.496. The van der Waals surface area contributed by atoms with Gasteiger partial charge >= 0.3 is 5.69 Å². The van der Waals surface area contributed by atoms with Gasteiger partial charge in [0.05, 0.1) is 17.6 Å². The van der Waals surface area contributed by atoms with Crippen LogP contribution in [0.4, 0.5) is 11.6 Å². The van der Waals surface area contributed by atoms with Crippen LogP contribution in [0.25, 0.3) is 0 Å². The molecular formula is C13H14N4O3S. The van der Waals surface area contributed by atoms with E-state index in [0.717, 1.165) is 5.56 Å². The van der Waals surface area contributed by atoms with E-state index in [4.69, 9.17) is 4.74 Å². The van der Waals surface area contributed by atoms with Crippen LogP contribution < -0.4 is 4.90 Å². The lowest BCUT2D eigenvalue weighted by atomic mass is 10.1. The lowest BCUT2D eigenvalue weighted by Gasteiger charge is -2.36. The first kappa shape index (κ1) is 13.9. The molecule has 1 aliphatic heterocycles. The maximum atomic E-state index is 10.6. The minimum Gasteiger partial charge on any atom is -0.367 e. The fraction of sp³-hybridized carbons (Fsp3) is 0.385. The molecule has 2 aromatic heterocycles. The van der Waals surface area contributed by atoms with Crippen molar-refractivity contribution < 1.29 is 9.66 Å². The first-order valence-electron chi connectivity index (χ1n) is 6.52. The fourth-order valence-electron chi connectivity index (χ4n) is 2.33. The highest BCUT2D eigenvalue weighted by atomic mass is 32.1. The van der Waals surface area contributed by atoms with Crippen LogP contribution in [0.2, 0.25) is 0 Å². The molecule has 8 heteroatoms. The van der Waals surface area contributed by atoms with Crippen molar-refractivity contribution in [3.8, 4) is 0 Å². The molecule has 2 atom stereocenters. The Hall–Kier alpha value is -2.06. The topological polar surface area (TPSA) is 81.4 Å². The summed E-state index contributed by atoms with van der Waals surface area (Å²) in [4.78, 5) is 20.3. The number of ether oxygens (including phenoxy) is 1. The molecule has 0 aliphatic carbocycles. The third-order valence-electron chi connectivity index (χ3n) is 3.29. The van der Waals surface area contributed by atoms with Gasteiger partial charge in [-0.2, -0.15) is 11.3 Å². The van der Waals surface area contributed by atoms with E-state index in [1.807, 2.05) is 23.3 Å². The van der Waals surface area contributed by atoms with Crippen molar-refractivity contribution in [3.05, 3.63) is 44.9 Å². The van der Waals surface area contributed by atoms with Crippen molar-refractivity contribution in [1.82, 2.24) is 9.97 Å². The molecule has 7 nitrogen and oxygen atoms in total. The van der Waals surface area contributed by atoms with Gasteiger partial charge in [0.1, 0.15) is 18.5 Å². The van der Waals surface area contributed by atoms with Gasteiger partial charge in [-0.15, -0.1) is 0 Å². The van der Waals surface area contributed by atoms with Gasteiger partial charge < -0.3 is 9.64 Å². The van der Waals surface area contributed by atoms with Gasteiger partial charge in [0, 0.05) is 6.54 Å². The van der Waals surface area contributed by atoms with Gasteiger partial charge in [0.25, 0.3) is 0 Å². The highest BCUT2D eigenvalue weighted by Crippen LogP contribution is 2.28. The number of hydrogen-bond acceptors (Lipinski definition) is 7. The Morgan fingerprint density at radius 1 is 1.43 bits per heavy atom. The van der Waals surface area contributed by atoms with E-state index in [2.05, 4.69) is 15.3 Å². The Labute approximate surface area is 125 Å². The Morgan fingerprint density at radius 3 is 2.81 bits per heavy atom. The van der Waals surface area contributed by atoms with Gasteiger partial charge in [-0.25, -0.2) is 9.97 Å². The molecule has 1 fully saturated rings. The van der Waals surface area contributed by atoms with Crippen molar-refractivity contribution >= 4 is 23.0 Å². The first-order valence-corrected chi connectivity index (χ1v) is 7.46. The lowest BCUT2D eigenvalue weighted by molar-refractivity contribution is -0.385. The summed E-state index contributed by atoms with van der Waals surface area (Å²) < 4.78 is 5.95. The van der Waals surface area contributed by atoms with Gasteiger partial charge in [0.2, 0.25) is 5.95 Å². The molecule has 0 aromatic carbocycles. The number of nitrogens with zero attached hydrogens (tertiary/aromatic N) is 4. The van der Waals surface area contributed by atoms with Gasteiger partial charge in [0.15, 0.2) is 0 Å². The zero-order valence-electron chi connectivity index (χ0n) is 11.4. The molecule has 0 saturated carbocycles. The minimum absolute atomic E-state index is 0.0289. The molecule has 0 spiro atoms. The zero-order valence-corrected chi connectivity index (χ0v) is 12.2. The van der Waals surface area contributed by atoms with Crippen LogP contribution in [-0.2, 0) is 4.74 Å². The summed E-state index contributed by atoms with van der Waals surface area (Å²) in [5.41, 5.74) is 1.04. The van der Waals surface area contributed by atoms with Crippen LogP contribution >= 0.6 is 11.3 Å². The first-order chi connectivity index (χ1) is 10.1. The smallest absolute Gasteiger partial charge is 0.305 e. The molecule has 0 unspecified atom stereocenters. The van der Waals surface area contributed by atoms with Crippen molar-refractivity contribution in [2.75, 3.05) is 18.0 Å². The number of aromatic nitrogens is 2. The van der Waals surface area contributed by atoms with Crippen LogP contribution in [0.3, 0.4) is 0 Å². The predicted octanol–water partition coefficient (Wildman–Crippen LogP) is 2.41. The van der Waals surface area contributed by atoms with E-state index in [9.17, 15) is 10.1 Å². The molecule has 3 heterocycles. The average Bonchev–Trinajstić information content (AvgIpc) is 3.01. The van der Waals surface area contributed by atoms with Crippen molar-refractivity contribution in [2.24, 2.45) is 0 Å². The molecule has 110 valence electrons. The Balaban J connectivity index is 1.79. The number of rotatable bonds is 3. The van der Waals surface area contributed by atoms with Crippen LogP contribution in [0.1, 0.15) is 18.6 Å². The summed E-state index contributed by atoms with van der Waals surface area (Å²) in [6.07, 6.45) is 2.49. The normalized spacial score (nSPS) is 22.2. The monoisotopic (exact) mass is 306 g/mol. The van der Waals surface area contributed by atoms with Crippen LogP contribution in [0.5, 0.6) is 0 Å². The second-order valence-electron chi connectivity index (χ2n) is 4.90. The van der Waals surface area contributed by atoms with Gasteiger partial charge in [-0.1, -0.05) is 0 Å². The van der Waals surface area contributed by atoms with E-state index < -0.39 is 4.92 Å². The summed E-state index contributed by atoms with van der Waals surface area (Å²) >= 11 is 1.63. The van der Waals surface area contributed by atoms with E-state index in [1.54, 1.807) is 11.3 Å². The third kappa shape index (κ3) is 3.01. The third-order valence-corrected chi connectivity index (χ3v) is 3.99. The molecule has 0 amide bonds. The summed E-state index contributed by atoms with van der Waals surface area (Å²) in [6, 6.07) is 2.04. The molecule has 21 heavy (non-hydrogen) atoms. The molecule has 3 rings (SSSR count). The minimum atomic E-state index is -0.500.